The molecule has 4 heterocycles. The monoisotopic (exact) mass is 378 g/mol. The van der Waals surface area contributed by atoms with Crippen LogP contribution in [0, 0.1) is 5.92 Å². The summed E-state index contributed by atoms with van der Waals surface area (Å²) in [4.78, 5) is 32.5. The molecule has 1 fully saturated rings. The van der Waals surface area contributed by atoms with E-state index in [4.69, 9.17) is 0 Å². The molecule has 0 amide bonds. The van der Waals surface area contributed by atoms with Crippen molar-refractivity contribution in [2.24, 2.45) is 5.92 Å². The maximum Gasteiger partial charge on any atom is 0.253 e. The minimum Gasteiger partial charge on any atom is -0.357 e. The molecule has 0 spiro atoms. The van der Waals surface area contributed by atoms with Gasteiger partial charge < -0.3 is 4.90 Å². The quantitative estimate of drug-likeness (QED) is 0.697. The van der Waals surface area contributed by atoms with E-state index in [0.29, 0.717) is 11.6 Å². The zero-order chi connectivity index (χ0) is 19.7. The van der Waals surface area contributed by atoms with E-state index in [0.717, 1.165) is 49.5 Å². The van der Waals surface area contributed by atoms with Crippen LogP contribution in [0.4, 0.5) is 5.82 Å². The van der Waals surface area contributed by atoms with Crippen molar-refractivity contribution in [1.29, 1.82) is 0 Å². The minimum atomic E-state index is -0.110. The number of pyridine rings is 1. The van der Waals surface area contributed by atoms with Gasteiger partial charge >= 0.3 is 0 Å². The summed E-state index contributed by atoms with van der Waals surface area (Å²) in [6, 6.07) is 5.66. The topological polar surface area (TPSA) is 76.8 Å². The molecule has 1 aliphatic heterocycles. The maximum atomic E-state index is 12.5. The normalized spacial score (nSPS) is 15.9. The van der Waals surface area contributed by atoms with E-state index in [9.17, 15) is 4.79 Å². The zero-order valence-electron chi connectivity index (χ0n) is 16.7. The Hall–Kier alpha value is -2.83. The van der Waals surface area contributed by atoms with Gasteiger partial charge in [-0.05, 0) is 30.9 Å². The number of piperidine rings is 1. The van der Waals surface area contributed by atoms with E-state index in [-0.39, 0.29) is 11.0 Å². The summed E-state index contributed by atoms with van der Waals surface area (Å²) in [5.41, 5.74) is 2.26. The van der Waals surface area contributed by atoms with Crippen LogP contribution in [-0.4, -0.2) is 37.6 Å². The van der Waals surface area contributed by atoms with Gasteiger partial charge in [0.25, 0.3) is 5.56 Å². The van der Waals surface area contributed by atoms with Crippen molar-refractivity contribution in [2.45, 2.75) is 45.6 Å². The molecule has 3 aromatic rings. The second-order valence-corrected chi connectivity index (χ2v) is 8.51. The van der Waals surface area contributed by atoms with Crippen molar-refractivity contribution in [3.63, 3.8) is 0 Å². The number of nitrogens with zero attached hydrogens (tertiary/aromatic N) is 6. The molecule has 0 saturated carbocycles. The van der Waals surface area contributed by atoms with Gasteiger partial charge in [0.1, 0.15) is 11.3 Å². The first-order valence-corrected chi connectivity index (χ1v) is 9.80. The molecular formula is C21H26N6O. The molecule has 28 heavy (non-hydrogen) atoms. The summed E-state index contributed by atoms with van der Waals surface area (Å²) in [6.45, 7) is 8.78. The highest BCUT2D eigenvalue weighted by Crippen LogP contribution is 2.24. The summed E-state index contributed by atoms with van der Waals surface area (Å²) in [6.07, 6.45) is 7.10. The molecule has 0 atom stereocenters. The van der Waals surface area contributed by atoms with E-state index in [1.165, 1.54) is 0 Å². The number of aromatic nitrogens is 5. The van der Waals surface area contributed by atoms with Crippen molar-refractivity contribution in [3.8, 4) is 0 Å². The Balaban J connectivity index is 1.41. The average molecular weight is 378 g/mol. The van der Waals surface area contributed by atoms with Gasteiger partial charge in [0, 0.05) is 43.5 Å². The lowest BCUT2D eigenvalue weighted by molar-refractivity contribution is 0.349. The molecule has 1 saturated heterocycles. The highest BCUT2D eigenvalue weighted by atomic mass is 16.1. The highest BCUT2D eigenvalue weighted by molar-refractivity contribution is 5.71. The SMILES string of the molecule is CC(C)(C)c1cc(=O)n(CC2CCN(c3ccc4nccnc4n3)CC2)cn1. The van der Waals surface area contributed by atoms with Crippen LogP contribution in [0.15, 0.2) is 41.7 Å². The Kier molecular flexibility index (Phi) is 4.83. The number of rotatable bonds is 3. The molecule has 0 aromatic carbocycles. The van der Waals surface area contributed by atoms with Crippen LogP contribution < -0.4 is 10.5 Å². The van der Waals surface area contributed by atoms with Crippen molar-refractivity contribution in [3.05, 3.63) is 53.0 Å². The lowest BCUT2D eigenvalue weighted by Gasteiger charge is -2.33. The van der Waals surface area contributed by atoms with Crippen LogP contribution >= 0.6 is 0 Å². The van der Waals surface area contributed by atoms with Crippen LogP contribution in [0.5, 0.6) is 0 Å². The lowest BCUT2D eigenvalue weighted by atomic mass is 9.92. The third kappa shape index (κ3) is 3.88. The first-order chi connectivity index (χ1) is 13.4. The second-order valence-electron chi connectivity index (χ2n) is 8.51. The van der Waals surface area contributed by atoms with Crippen LogP contribution in [0.1, 0.15) is 39.3 Å². The Labute approximate surface area is 164 Å². The molecule has 7 heteroatoms. The van der Waals surface area contributed by atoms with Gasteiger partial charge in [0.15, 0.2) is 5.65 Å². The molecular weight excluding hydrogens is 352 g/mol. The first-order valence-electron chi connectivity index (χ1n) is 9.80. The van der Waals surface area contributed by atoms with E-state index >= 15 is 0 Å². The van der Waals surface area contributed by atoms with Crippen LogP contribution in [0.2, 0.25) is 0 Å². The van der Waals surface area contributed by atoms with Gasteiger partial charge in [-0.3, -0.25) is 14.3 Å². The fourth-order valence-corrected chi connectivity index (χ4v) is 3.62. The van der Waals surface area contributed by atoms with Crippen molar-refractivity contribution < 1.29 is 0 Å². The van der Waals surface area contributed by atoms with Gasteiger partial charge in [-0.1, -0.05) is 20.8 Å². The molecule has 0 bridgehead atoms. The van der Waals surface area contributed by atoms with Crippen LogP contribution in [-0.2, 0) is 12.0 Å². The summed E-state index contributed by atoms with van der Waals surface area (Å²) in [5, 5.41) is 0. The van der Waals surface area contributed by atoms with E-state index < -0.39 is 0 Å². The van der Waals surface area contributed by atoms with Gasteiger partial charge in [0.05, 0.1) is 12.0 Å². The summed E-state index contributed by atoms with van der Waals surface area (Å²) >= 11 is 0. The van der Waals surface area contributed by atoms with E-state index in [1.807, 2.05) is 12.1 Å². The highest BCUT2D eigenvalue weighted by Gasteiger charge is 2.22. The molecule has 7 nitrogen and oxygen atoms in total. The molecule has 0 radical (unpaired) electrons. The van der Waals surface area contributed by atoms with Crippen molar-refractivity contribution in [2.75, 3.05) is 18.0 Å². The number of hydrogen-bond acceptors (Lipinski definition) is 6. The number of anilines is 1. The molecule has 0 N–H and O–H groups in total. The van der Waals surface area contributed by atoms with Gasteiger partial charge in [0.2, 0.25) is 0 Å². The zero-order valence-corrected chi connectivity index (χ0v) is 16.7. The Morgan fingerprint density at radius 2 is 1.82 bits per heavy atom. The standard InChI is InChI=1S/C21H26N6O/c1-21(2,3)17-12-19(28)27(14-24-17)13-15-6-10-26(11-7-15)18-5-4-16-20(25-18)23-9-8-22-16/h4-5,8-9,12,14-15H,6-7,10-11,13H2,1-3H3. The molecule has 0 aliphatic carbocycles. The van der Waals surface area contributed by atoms with E-state index in [1.54, 1.807) is 29.4 Å². The Bertz CT molecular complexity index is 1030. The third-order valence-corrected chi connectivity index (χ3v) is 5.36. The van der Waals surface area contributed by atoms with Crippen LogP contribution in [0.3, 0.4) is 0 Å². The fraction of sp³-hybridized carbons (Fsp3) is 0.476. The largest absolute Gasteiger partial charge is 0.357 e. The fourth-order valence-electron chi connectivity index (χ4n) is 3.62. The molecule has 146 valence electrons. The molecule has 1 aliphatic rings. The lowest BCUT2D eigenvalue weighted by Crippen LogP contribution is -2.37. The predicted molar refractivity (Wildman–Crippen MR) is 109 cm³/mol. The molecule has 0 unspecified atom stereocenters. The second kappa shape index (κ2) is 7.30. The number of fused-ring (bicyclic) bond motifs is 1. The van der Waals surface area contributed by atoms with Gasteiger partial charge in [-0.25, -0.2) is 15.0 Å². The maximum absolute atomic E-state index is 12.5. The van der Waals surface area contributed by atoms with Gasteiger partial charge in [-0.15, -0.1) is 0 Å². The summed E-state index contributed by atoms with van der Waals surface area (Å²) in [7, 11) is 0. The summed E-state index contributed by atoms with van der Waals surface area (Å²) in [5.74, 6) is 1.41. The Morgan fingerprint density at radius 3 is 2.54 bits per heavy atom. The van der Waals surface area contributed by atoms with E-state index in [2.05, 4.69) is 45.6 Å². The molecule has 4 rings (SSSR count). The predicted octanol–water partition coefficient (Wildman–Crippen LogP) is 2.80. The number of hydrogen-bond donors (Lipinski definition) is 0. The van der Waals surface area contributed by atoms with Crippen molar-refractivity contribution >= 4 is 17.0 Å². The summed E-state index contributed by atoms with van der Waals surface area (Å²) < 4.78 is 1.75. The van der Waals surface area contributed by atoms with Crippen LogP contribution in [0.25, 0.3) is 11.2 Å². The van der Waals surface area contributed by atoms with Gasteiger partial charge in [-0.2, -0.15) is 0 Å². The van der Waals surface area contributed by atoms with Crippen molar-refractivity contribution in [1.82, 2.24) is 24.5 Å². The average Bonchev–Trinajstić information content (AvgIpc) is 2.69. The Morgan fingerprint density at radius 1 is 1.07 bits per heavy atom. The third-order valence-electron chi connectivity index (χ3n) is 5.36. The minimum absolute atomic E-state index is 0.0390. The first kappa shape index (κ1) is 18.5. The smallest absolute Gasteiger partial charge is 0.253 e. The molecule has 3 aromatic heterocycles.